The van der Waals surface area contributed by atoms with E-state index in [1.54, 1.807) is 0 Å². The second-order valence-electron chi connectivity index (χ2n) is 1.91. The SMILES string of the molecule is C[CH]CCC(=O)OC(C)=O. The fourth-order valence-electron chi connectivity index (χ4n) is 0.474. The van der Waals surface area contributed by atoms with E-state index in [0.717, 1.165) is 0 Å². The lowest BCUT2D eigenvalue weighted by atomic mass is 10.2. The van der Waals surface area contributed by atoms with Gasteiger partial charge in [-0.25, -0.2) is 0 Å². The highest BCUT2D eigenvalue weighted by molar-refractivity contribution is 5.84. The number of carbonyl (C=O) groups excluding carboxylic acids is 2. The van der Waals surface area contributed by atoms with Crippen molar-refractivity contribution >= 4 is 11.9 Å². The van der Waals surface area contributed by atoms with Crippen molar-refractivity contribution in [3.05, 3.63) is 6.42 Å². The summed E-state index contributed by atoms with van der Waals surface area (Å²) in [4.78, 5) is 20.7. The first-order chi connectivity index (χ1) is 4.66. The zero-order valence-electron chi connectivity index (χ0n) is 6.22. The van der Waals surface area contributed by atoms with E-state index in [1.165, 1.54) is 6.92 Å². The lowest BCUT2D eigenvalue weighted by molar-refractivity contribution is -0.157. The molecular weight excluding hydrogens is 132 g/mol. The predicted molar refractivity (Wildman–Crippen MR) is 36.0 cm³/mol. The molecule has 0 N–H and O–H groups in total. The highest BCUT2D eigenvalue weighted by atomic mass is 16.6. The van der Waals surface area contributed by atoms with Gasteiger partial charge in [0.2, 0.25) is 0 Å². The summed E-state index contributed by atoms with van der Waals surface area (Å²) in [5, 5.41) is 0. The molecule has 0 aliphatic rings. The number of carbonyl (C=O) groups is 2. The topological polar surface area (TPSA) is 43.4 Å². The Morgan fingerprint density at radius 3 is 2.50 bits per heavy atom. The van der Waals surface area contributed by atoms with Crippen LogP contribution in [0.1, 0.15) is 26.7 Å². The fraction of sp³-hybridized carbons (Fsp3) is 0.571. The van der Waals surface area contributed by atoms with Gasteiger partial charge >= 0.3 is 11.9 Å². The van der Waals surface area contributed by atoms with Gasteiger partial charge in [-0.3, -0.25) is 9.59 Å². The Kier molecular flexibility index (Phi) is 4.54. The molecule has 0 atom stereocenters. The molecule has 57 valence electrons. The van der Waals surface area contributed by atoms with Gasteiger partial charge < -0.3 is 4.74 Å². The molecule has 0 amide bonds. The number of hydrogen-bond donors (Lipinski definition) is 0. The Hall–Kier alpha value is -0.860. The summed E-state index contributed by atoms with van der Waals surface area (Å²) in [6.45, 7) is 3.06. The van der Waals surface area contributed by atoms with Gasteiger partial charge in [0.15, 0.2) is 0 Å². The quantitative estimate of drug-likeness (QED) is 0.438. The summed E-state index contributed by atoms with van der Waals surface area (Å²) in [5.74, 6) is -0.994. The van der Waals surface area contributed by atoms with Crippen LogP contribution in [0.25, 0.3) is 0 Å². The van der Waals surface area contributed by atoms with Crippen molar-refractivity contribution in [1.82, 2.24) is 0 Å². The van der Waals surface area contributed by atoms with E-state index in [-0.39, 0.29) is 6.42 Å². The first-order valence-electron chi connectivity index (χ1n) is 3.16. The molecule has 0 unspecified atom stereocenters. The average Bonchev–Trinajstić information content (AvgIpc) is 1.82. The van der Waals surface area contributed by atoms with Gasteiger partial charge in [-0.2, -0.15) is 0 Å². The van der Waals surface area contributed by atoms with Crippen LogP contribution in [-0.2, 0) is 14.3 Å². The van der Waals surface area contributed by atoms with Gasteiger partial charge in [0, 0.05) is 13.3 Å². The molecule has 0 saturated carbocycles. The van der Waals surface area contributed by atoms with Gasteiger partial charge in [0.1, 0.15) is 0 Å². The third-order valence-electron chi connectivity index (χ3n) is 0.895. The van der Waals surface area contributed by atoms with Crippen molar-refractivity contribution in [2.24, 2.45) is 0 Å². The molecule has 1 radical (unpaired) electrons. The Bertz CT molecular complexity index is 129. The summed E-state index contributed by atoms with van der Waals surface area (Å²) in [6.07, 6.45) is 2.80. The number of unbranched alkanes of at least 4 members (excludes halogenated alkanes) is 1. The van der Waals surface area contributed by atoms with Gasteiger partial charge in [-0.05, 0) is 12.8 Å². The van der Waals surface area contributed by atoms with E-state index in [9.17, 15) is 9.59 Å². The van der Waals surface area contributed by atoms with Crippen LogP contribution >= 0.6 is 0 Å². The molecule has 0 fully saturated rings. The summed E-state index contributed by atoms with van der Waals surface area (Å²) >= 11 is 0. The second-order valence-corrected chi connectivity index (χ2v) is 1.91. The molecule has 0 aliphatic carbocycles. The van der Waals surface area contributed by atoms with Crippen LogP contribution in [0.15, 0.2) is 0 Å². The first kappa shape index (κ1) is 9.14. The van der Waals surface area contributed by atoms with Crippen molar-refractivity contribution < 1.29 is 14.3 Å². The van der Waals surface area contributed by atoms with Gasteiger partial charge in [-0.15, -0.1) is 0 Å². The van der Waals surface area contributed by atoms with E-state index >= 15 is 0 Å². The van der Waals surface area contributed by atoms with Crippen LogP contribution in [0.5, 0.6) is 0 Å². The Morgan fingerprint density at radius 1 is 1.50 bits per heavy atom. The van der Waals surface area contributed by atoms with Gasteiger partial charge in [0.25, 0.3) is 0 Å². The van der Waals surface area contributed by atoms with Crippen molar-refractivity contribution in [2.75, 3.05) is 0 Å². The smallest absolute Gasteiger partial charge is 0.313 e. The van der Waals surface area contributed by atoms with Gasteiger partial charge in [-0.1, -0.05) is 6.92 Å². The zero-order valence-corrected chi connectivity index (χ0v) is 6.22. The number of esters is 2. The van der Waals surface area contributed by atoms with Crippen LogP contribution < -0.4 is 0 Å². The largest absolute Gasteiger partial charge is 0.393 e. The molecule has 0 spiro atoms. The lowest BCUT2D eigenvalue weighted by Crippen LogP contribution is -2.08. The van der Waals surface area contributed by atoms with E-state index in [1.807, 2.05) is 13.3 Å². The van der Waals surface area contributed by atoms with E-state index < -0.39 is 11.9 Å². The van der Waals surface area contributed by atoms with Crippen molar-refractivity contribution in [2.45, 2.75) is 26.7 Å². The van der Waals surface area contributed by atoms with Crippen molar-refractivity contribution in [3.8, 4) is 0 Å². The molecule has 0 rings (SSSR count). The van der Waals surface area contributed by atoms with Crippen LogP contribution in [0.4, 0.5) is 0 Å². The Morgan fingerprint density at radius 2 is 2.10 bits per heavy atom. The minimum atomic E-state index is -0.541. The normalized spacial score (nSPS) is 9.00. The molecule has 0 aliphatic heterocycles. The van der Waals surface area contributed by atoms with Crippen molar-refractivity contribution in [1.29, 1.82) is 0 Å². The second kappa shape index (κ2) is 4.97. The molecule has 0 aromatic rings. The average molecular weight is 143 g/mol. The molecular formula is C7H11O3. The molecule has 0 bridgehead atoms. The summed E-state index contributed by atoms with van der Waals surface area (Å²) in [6, 6.07) is 0. The molecule has 0 heterocycles. The summed E-state index contributed by atoms with van der Waals surface area (Å²) in [7, 11) is 0. The standard InChI is InChI=1S/C7H11O3/c1-3-4-5-7(9)10-6(2)8/h3H,4-5H2,1-2H3. The van der Waals surface area contributed by atoms with Crippen LogP contribution in [0.2, 0.25) is 0 Å². The number of rotatable bonds is 3. The number of ether oxygens (including phenoxy) is 1. The summed E-state index contributed by atoms with van der Waals surface area (Å²) < 4.78 is 4.25. The monoisotopic (exact) mass is 143 g/mol. The third kappa shape index (κ3) is 5.28. The van der Waals surface area contributed by atoms with E-state index in [0.29, 0.717) is 6.42 Å². The Labute approximate surface area is 60.4 Å². The van der Waals surface area contributed by atoms with E-state index in [4.69, 9.17) is 0 Å². The first-order valence-corrected chi connectivity index (χ1v) is 3.16. The summed E-state index contributed by atoms with van der Waals surface area (Å²) in [5.41, 5.74) is 0. The van der Waals surface area contributed by atoms with Crippen molar-refractivity contribution in [3.63, 3.8) is 0 Å². The maximum absolute atomic E-state index is 10.5. The van der Waals surface area contributed by atoms with Crippen LogP contribution in [0.3, 0.4) is 0 Å². The van der Waals surface area contributed by atoms with Crippen LogP contribution in [-0.4, -0.2) is 11.9 Å². The molecule has 3 nitrogen and oxygen atoms in total. The fourth-order valence-corrected chi connectivity index (χ4v) is 0.474. The Balaban J connectivity index is 3.35. The van der Waals surface area contributed by atoms with E-state index in [2.05, 4.69) is 4.74 Å². The highest BCUT2D eigenvalue weighted by Gasteiger charge is 2.03. The maximum atomic E-state index is 10.5. The molecule has 10 heavy (non-hydrogen) atoms. The van der Waals surface area contributed by atoms with Gasteiger partial charge in [0.05, 0.1) is 0 Å². The minimum Gasteiger partial charge on any atom is -0.393 e. The maximum Gasteiger partial charge on any atom is 0.313 e. The lowest BCUT2D eigenvalue weighted by Gasteiger charge is -1.96. The van der Waals surface area contributed by atoms with Crippen LogP contribution in [0, 0.1) is 6.42 Å². The molecule has 0 aromatic carbocycles. The molecule has 0 saturated heterocycles. The minimum absolute atomic E-state index is 0.288. The number of hydrogen-bond acceptors (Lipinski definition) is 3. The predicted octanol–water partition coefficient (Wildman–Crippen LogP) is 1.08. The molecule has 0 aromatic heterocycles. The third-order valence-corrected chi connectivity index (χ3v) is 0.895. The molecule has 3 heteroatoms. The highest BCUT2D eigenvalue weighted by Crippen LogP contribution is 1.95. The zero-order chi connectivity index (χ0) is 7.98.